The van der Waals surface area contributed by atoms with Gasteiger partial charge in [0.25, 0.3) is 5.69 Å². The van der Waals surface area contributed by atoms with Gasteiger partial charge in [0.15, 0.2) is 11.9 Å². The Morgan fingerprint density at radius 1 is 0.677 bits per heavy atom. The molecule has 0 atom stereocenters. The Bertz CT molecular complexity index is 1550. The highest BCUT2D eigenvalue weighted by Gasteiger charge is 2.19. The largest absolute Gasteiger partial charge is 0.355 e. The second-order valence-corrected chi connectivity index (χ2v) is 7.74. The number of hydrogen-bond acceptors (Lipinski definition) is 2. The molecular weight excluding hydrogens is 382 g/mol. The number of nitrogens with one attached hydrogen (secondary N) is 2. The monoisotopic (exact) mass is 402 g/mol. The van der Waals surface area contributed by atoms with E-state index < -0.39 is 0 Å². The third-order valence-electron chi connectivity index (χ3n) is 5.50. The standard InChI is InChI=1S/C26H20N5/c1-17-4-2-3-13-31(17)26-24-11-9-22(29-24)15-20-7-5-18(27-20)14-19-6-8-21(28-19)16-23-10-12-25(26)30-23/h2-16,27,30H,1H3/q+1. The number of fused-ring (bicyclic) bond motifs is 8. The zero-order valence-electron chi connectivity index (χ0n) is 17.0. The number of nitrogens with zero attached hydrogens (tertiary/aromatic N) is 3. The van der Waals surface area contributed by atoms with Crippen LogP contribution in [0.2, 0.25) is 0 Å². The summed E-state index contributed by atoms with van der Waals surface area (Å²) in [6, 6.07) is 20.7. The number of pyridine rings is 1. The van der Waals surface area contributed by atoms with Crippen LogP contribution < -0.4 is 4.57 Å². The molecule has 0 saturated heterocycles. The van der Waals surface area contributed by atoms with Crippen molar-refractivity contribution in [2.45, 2.75) is 6.92 Å². The van der Waals surface area contributed by atoms with Gasteiger partial charge in [-0.1, -0.05) is 6.07 Å². The Hall–Kier alpha value is -4.25. The van der Waals surface area contributed by atoms with E-state index in [4.69, 9.17) is 9.97 Å². The molecule has 6 rings (SSSR count). The summed E-state index contributed by atoms with van der Waals surface area (Å²) in [5, 5.41) is 0. The highest BCUT2D eigenvalue weighted by Crippen LogP contribution is 2.21. The van der Waals surface area contributed by atoms with E-state index in [1.54, 1.807) is 0 Å². The smallest absolute Gasteiger partial charge is 0.260 e. The molecule has 5 nitrogen and oxygen atoms in total. The summed E-state index contributed by atoms with van der Waals surface area (Å²) >= 11 is 0. The van der Waals surface area contributed by atoms with Gasteiger partial charge in [-0.3, -0.25) is 0 Å². The van der Waals surface area contributed by atoms with E-state index >= 15 is 0 Å². The molecule has 0 spiro atoms. The average Bonchev–Trinajstić information content (AvgIpc) is 3.55. The van der Waals surface area contributed by atoms with E-state index in [-0.39, 0.29) is 0 Å². The molecule has 0 aromatic carbocycles. The molecule has 4 aromatic heterocycles. The van der Waals surface area contributed by atoms with Gasteiger partial charge in [-0.05, 0) is 66.8 Å². The van der Waals surface area contributed by atoms with Crippen molar-refractivity contribution in [2.24, 2.45) is 0 Å². The van der Waals surface area contributed by atoms with Crippen LogP contribution in [0, 0.1) is 6.92 Å². The van der Waals surface area contributed by atoms with E-state index in [1.165, 1.54) is 0 Å². The number of aryl methyl sites for hydroxylation is 1. The van der Waals surface area contributed by atoms with E-state index in [2.05, 4.69) is 82.3 Å². The van der Waals surface area contributed by atoms with Crippen molar-refractivity contribution in [2.75, 3.05) is 0 Å². The van der Waals surface area contributed by atoms with E-state index in [1.807, 2.05) is 30.4 Å². The fraction of sp³-hybridized carbons (Fsp3) is 0.0385. The average molecular weight is 402 g/mol. The third-order valence-corrected chi connectivity index (χ3v) is 5.50. The highest BCUT2D eigenvalue weighted by atomic mass is 15.0. The van der Waals surface area contributed by atoms with Crippen LogP contribution >= 0.6 is 0 Å². The van der Waals surface area contributed by atoms with E-state index in [0.717, 1.165) is 56.2 Å². The normalized spacial score (nSPS) is 12.4. The molecule has 0 aliphatic carbocycles. The maximum Gasteiger partial charge on any atom is 0.260 e. The molecule has 2 aliphatic rings. The van der Waals surface area contributed by atoms with Crippen LogP contribution in [0.4, 0.5) is 0 Å². The number of H-pyrrole nitrogens is 2. The molecule has 0 radical (unpaired) electrons. The predicted molar refractivity (Wildman–Crippen MR) is 125 cm³/mol. The van der Waals surface area contributed by atoms with Crippen molar-refractivity contribution in [1.82, 2.24) is 19.9 Å². The third kappa shape index (κ3) is 3.26. The number of hydrogen-bond donors (Lipinski definition) is 2. The summed E-state index contributed by atoms with van der Waals surface area (Å²) in [4.78, 5) is 16.6. The first-order valence-corrected chi connectivity index (χ1v) is 10.3. The molecule has 4 aromatic rings. The van der Waals surface area contributed by atoms with Gasteiger partial charge < -0.3 is 9.97 Å². The zero-order valence-corrected chi connectivity index (χ0v) is 17.0. The molecule has 0 amide bonds. The van der Waals surface area contributed by atoms with Gasteiger partial charge in [0.05, 0.1) is 17.1 Å². The van der Waals surface area contributed by atoms with Crippen LogP contribution in [-0.4, -0.2) is 19.9 Å². The highest BCUT2D eigenvalue weighted by molar-refractivity contribution is 5.81. The minimum atomic E-state index is 0.911. The lowest BCUT2D eigenvalue weighted by Crippen LogP contribution is -2.34. The van der Waals surface area contributed by atoms with Gasteiger partial charge in [0.1, 0.15) is 11.2 Å². The summed E-state index contributed by atoms with van der Waals surface area (Å²) in [6.45, 7) is 2.10. The fourth-order valence-electron chi connectivity index (χ4n) is 4.03. The van der Waals surface area contributed by atoms with Gasteiger partial charge in [0.2, 0.25) is 0 Å². The maximum atomic E-state index is 4.93. The van der Waals surface area contributed by atoms with Crippen LogP contribution in [0.15, 0.2) is 66.9 Å². The molecule has 6 heterocycles. The van der Waals surface area contributed by atoms with Gasteiger partial charge in [-0.2, -0.15) is 4.57 Å². The Morgan fingerprint density at radius 3 is 2.06 bits per heavy atom. The first kappa shape index (κ1) is 17.6. The van der Waals surface area contributed by atoms with Gasteiger partial charge in [-0.15, -0.1) is 0 Å². The van der Waals surface area contributed by atoms with Gasteiger partial charge in [0, 0.05) is 35.6 Å². The SMILES string of the molecule is Cc1cccc[n+]1-c1c2nc(cc3ccc(cc4nc(cc5ccc1[nH]5)C=C4)[nH]3)C=C2. The van der Waals surface area contributed by atoms with Crippen molar-refractivity contribution in [3.8, 4) is 5.69 Å². The van der Waals surface area contributed by atoms with Gasteiger partial charge in [-0.25, -0.2) is 9.97 Å². The van der Waals surface area contributed by atoms with E-state index in [0.29, 0.717) is 0 Å². The van der Waals surface area contributed by atoms with Crippen LogP contribution in [-0.2, 0) is 0 Å². The Morgan fingerprint density at radius 2 is 1.32 bits per heavy atom. The number of aromatic amines is 2. The van der Waals surface area contributed by atoms with Crippen molar-refractivity contribution < 1.29 is 4.57 Å². The molecule has 148 valence electrons. The summed E-state index contributed by atoms with van der Waals surface area (Å²) in [5.41, 5.74) is 9.84. The zero-order chi connectivity index (χ0) is 20.8. The van der Waals surface area contributed by atoms with Crippen LogP contribution in [0.1, 0.15) is 28.5 Å². The predicted octanol–water partition coefficient (Wildman–Crippen LogP) is 5.24. The lowest BCUT2D eigenvalue weighted by Gasteiger charge is -2.00. The molecule has 2 aliphatic heterocycles. The quantitative estimate of drug-likeness (QED) is 0.370. The van der Waals surface area contributed by atoms with Crippen molar-refractivity contribution in [3.05, 3.63) is 95.3 Å². The molecule has 0 fully saturated rings. The maximum absolute atomic E-state index is 4.93. The van der Waals surface area contributed by atoms with Crippen LogP contribution in [0.25, 0.3) is 52.1 Å². The topological polar surface area (TPSA) is 61.2 Å². The molecular formula is C26H20N5+. The lowest BCUT2D eigenvalue weighted by molar-refractivity contribution is -0.601. The second-order valence-electron chi connectivity index (χ2n) is 7.74. The summed E-state index contributed by atoms with van der Waals surface area (Å²) in [7, 11) is 0. The van der Waals surface area contributed by atoms with E-state index in [9.17, 15) is 0 Å². The molecule has 8 bridgehead atoms. The minimum absolute atomic E-state index is 0.911. The summed E-state index contributed by atoms with van der Waals surface area (Å²) < 4.78 is 2.17. The number of aromatic nitrogens is 5. The van der Waals surface area contributed by atoms with Gasteiger partial charge >= 0.3 is 0 Å². The molecule has 31 heavy (non-hydrogen) atoms. The lowest BCUT2D eigenvalue weighted by atomic mass is 10.2. The van der Waals surface area contributed by atoms with Crippen molar-refractivity contribution in [3.63, 3.8) is 0 Å². The fourth-order valence-corrected chi connectivity index (χ4v) is 4.03. The Balaban J connectivity index is 1.74. The Kier molecular flexibility index (Phi) is 3.93. The number of rotatable bonds is 1. The van der Waals surface area contributed by atoms with Crippen molar-refractivity contribution >= 4 is 46.4 Å². The molecule has 5 heteroatoms. The second kappa shape index (κ2) is 6.92. The first-order valence-electron chi connectivity index (χ1n) is 10.3. The van der Waals surface area contributed by atoms with Crippen LogP contribution in [0.3, 0.4) is 0 Å². The molecule has 0 unspecified atom stereocenters. The minimum Gasteiger partial charge on any atom is -0.355 e. The van der Waals surface area contributed by atoms with Crippen molar-refractivity contribution in [1.29, 1.82) is 0 Å². The Labute approximate surface area is 179 Å². The summed E-state index contributed by atoms with van der Waals surface area (Å²) in [5.74, 6) is 0. The first-order chi connectivity index (χ1) is 15.2. The molecule has 2 N–H and O–H groups in total. The molecule has 0 saturated carbocycles. The summed E-state index contributed by atoms with van der Waals surface area (Å²) in [6.07, 6.45) is 10.3. The van der Waals surface area contributed by atoms with Crippen LogP contribution in [0.5, 0.6) is 0 Å².